The summed E-state index contributed by atoms with van der Waals surface area (Å²) in [6, 6.07) is 11.3. The van der Waals surface area contributed by atoms with Crippen LogP contribution in [0.15, 0.2) is 42.6 Å². The molecule has 1 aromatic heterocycles. The topological polar surface area (TPSA) is 79.4 Å². The number of nitrogens with one attached hydrogen (secondary N) is 1. The van der Waals surface area contributed by atoms with E-state index in [9.17, 15) is 14.4 Å². The first-order valence-corrected chi connectivity index (χ1v) is 10.4. The third-order valence-electron chi connectivity index (χ3n) is 5.90. The third-order valence-corrected chi connectivity index (χ3v) is 5.90. The molecule has 1 saturated heterocycles. The molecule has 0 radical (unpaired) electrons. The van der Waals surface area contributed by atoms with Crippen LogP contribution < -0.4 is 5.32 Å². The number of carbonyl (C=O) groups is 3. The fourth-order valence-electron chi connectivity index (χ4n) is 4.35. The van der Waals surface area contributed by atoms with E-state index < -0.39 is 0 Å². The van der Waals surface area contributed by atoms with Gasteiger partial charge in [0, 0.05) is 31.4 Å². The molecule has 30 heavy (non-hydrogen) atoms. The quantitative estimate of drug-likeness (QED) is 0.657. The fourth-order valence-corrected chi connectivity index (χ4v) is 4.35. The van der Waals surface area contributed by atoms with E-state index in [1.165, 1.54) is 0 Å². The van der Waals surface area contributed by atoms with Gasteiger partial charge in [0.2, 0.25) is 5.91 Å². The van der Waals surface area contributed by atoms with Crippen LogP contribution in [0, 0.1) is 6.92 Å². The summed E-state index contributed by atoms with van der Waals surface area (Å²) in [6.45, 7) is 4.26. The Morgan fingerprint density at radius 3 is 2.70 bits per heavy atom. The molecule has 4 rings (SSSR count). The lowest BCUT2D eigenvalue weighted by molar-refractivity contribution is -0.136. The van der Waals surface area contributed by atoms with Crippen molar-refractivity contribution in [1.82, 2.24) is 15.2 Å². The minimum atomic E-state index is -0.352. The SMILES string of the molecule is CCC(=O)C1CCCN1C(=O)CNC(=O)c1ccnc2c1cc(C)c1ccccc12.[HH]. The summed E-state index contributed by atoms with van der Waals surface area (Å²) in [6.07, 6.45) is 3.56. The number of pyridine rings is 1. The molecule has 6 heteroatoms. The Bertz CT molecular complexity index is 1160. The Kier molecular flexibility index (Phi) is 5.48. The highest BCUT2D eigenvalue weighted by atomic mass is 16.2. The molecular formula is C24H27N3O3. The van der Waals surface area contributed by atoms with Gasteiger partial charge in [-0.15, -0.1) is 0 Å². The van der Waals surface area contributed by atoms with Gasteiger partial charge in [-0.1, -0.05) is 31.2 Å². The van der Waals surface area contributed by atoms with E-state index in [-0.39, 0.29) is 31.6 Å². The fraction of sp³-hybridized carbons (Fsp3) is 0.333. The number of Topliss-reactive ketones (excluding diaryl/α,β-unsaturated/α-hetero) is 1. The average Bonchev–Trinajstić information content (AvgIpc) is 3.27. The first-order chi connectivity index (χ1) is 14.5. The lowest BCUT2D eigenvalue weighted by atomic mass is 9.98. The minimum absolute atomic E-state index is 0. The smallest absolute Gasteiger partial charge is 0.252 e. The van der Waals surface area contributed by atoms with E-state index in [1.54, 1.807) is 17.2 Å². The Hall–Kier alpha value is -3.28. The summed E-state index contributed by atoms with van der Waals surface area (Å²) >= 11 is 0. The van der Waals surface area contributed by atoms with Gasteiger partial charge < -0.3 is 10.2 Å². The normalized spacial score (nSPS) is 16.2. The number of aromatic nitrogens is 1. The van der Waals surface area contributed by atoms with Crippen molar-refractivity contribution in [2.75, 3.05) is 13.1 Å². The molecule has 1 N–H and O–H groups in total. The van der Waals surface area contributed by atoms with Crippen molar-refractivity contribution >= 4 is 39.3 Å². The highest BCUT2D eigenvalue weighted by Gasteiger charge is 2.32. The van der Waals surface area contributed by atoms with Gasteiger partial charge in [0.1, 0.15) is 0 Å². The molecule has 6 nitrogen and oxygen atoms in total. The van der Waals surface area contributed by atoms with Crippen molar-refractivity contribution in [1.29, 1.82) is 0 Å². The predicted octanol–water partition coefficient (Wildman–Crippen LogP) is 3.64. The predicted molar refractivity (Wildman–Crippen MR) is 118 cm³/mol. The molecule has 1 unspecified atom stereocenters. The van der Waals surface area contributed by atoms with E-state index >= 15 is 0 Å². The number of rotatable bonds is 5. The van der Waals surface area contributed by atoms with Gasteiger partial charge in [-0.3, -0.25) is 19.4 Å². The largest absolute Gasteiger partial charge is 0.343 e. The Morgan fingerprint density at radius 2 is 1.93 bits per heavy atom. The summed E-state index contributed by atoms with van der Waals surface area (Å²) in [5.41, 5.74) is 2.32. The maximum atomic E-state index is 12.9. The van der Waals surface area contributed by atoms with Gasteiger partial charge in [-0.2, -0.15) is 0 Å². The second-order valence-electron chi connectivity index (χ2n) is 7.74. The lowest BCUT2D eigenvalue weighted by Gasteiger charge is -2.23. The minimum Gasteiger partial charge on any atom is -0.343 e. The van der Waals surface area contributed by atoms with E-state index in [1.807, 2.05) is 44.2 Å². The molecule has 1 atom stereocenters. The van der Waals surface area contributed by atoms with E-state index in [0.29, 0.717) is 24.9 Å². The number of carbonyl (C=O) groups excluding carboxylic acids is 3. The number of benzene rings is 2. The molecule has 0 spiro atoms. The van der Waals surface area contributed by atoms with Crippen molar-refractivity contribution in [3.05, 3.63) is 53.7 Å². The van der Waals surface area contributed by atoms with E-state index in [2.05, 4.69) is 10.3 Å². The van der Waals surface area contributed by atoms with E-state index in [4.69, 9.17) is 0 Å². The van der Waals surface area contributed by atoms with Crippen molar-refractivity contribution in [2.45, 2.75) is 39.2 Å². The van der Waals surface area contributed by atoms with Gasteiger partial charge >= 0.3 is 0 Å². The molecule has 0 aliphatic carbocycles. The van der Waals surface area contributed by atoms with Crippen LogP contribution in [0.2, 0.25) is 0 Å². The Balaban J connectivity index is 0.00000272. The van der Waals surface area contributed by atoms with E-state index in [0.717, 1.165) is 33.7 Å². The summed E-state index contributed by atoms with van der Waals surface area (Å²) in [4.78, 5) is 43.8. The number of nitrogens with zero attached hydrogens (tertiary/aromatic N) is 2. The zero-order valence-corrected chi connectivity index (χ0v) is 17.3. The molecule has 1 fully saturated rings. The summed E-state index contributed by atoms with van der Waals surface area (Å²) < 4.78 is 0. The van der Waals surface area contributed by atoms with Crippen LogP contribution in [0.4, 0.5) is 0 Å². The molecule has 156 valence electrons. The number of ketones is 1. The van der Waals surface area contributed by atoms with Crippen molar-refractivity contribution in [3.63, 3.8) is 0 Å². The van der Waals surface area contributed by atoms with Crippen molar-refractivity contribution in [2.24, 2.45) is 0 Å². The third kappa shape index (κ3) is 3.54. The second kappa shape index (κ2) is 8.22. The highest BCUT2D eigenvalue weighted by molar-refractivity contribution is 6.14. The second-order valence-corrected chi connectivity index (χ2v) is 7.74. The maximum absolute atomic E-state index is 12.9. The Labute approximate surface area is 176 Å². The number of hydrogen-bond donors (Lipinski definition) is 1. The molecule has 2 heterocycles. The van der Waals surface area contributed by atoms with Gasteiger partial charge in [0.15, 0.2) is 5.78 Å². The van der Waals surface area contributed by atoms with Crippen molar-refractivity contribution < 1.29 is 15.8 Å². The molecule has 1 aliphatic heterocycles. The number of fused-ring (bicyclic) bond motifs is 3. The first kappa shape index (κ1) is 20.0. The number of aryl methyl sites for hydroxylation is 1. The first-order valence-electron chi connectivity index (χ1n) is 10.4. The molecule has 0 saturated carbocycles. The van der Waals surface area contributed by atoms with Crippen LogP contribution >= 0.6 is 0 Å². The van der Waals surface area contributed by atoms with Gasteiger partial charge in [0.25, 0.3) is 5.91 Å². The molecule has 2 aromatic carbocycles. The van der Waals surface area contributed by atoms with Gasteiger partial charge in [0.05, 0.1) is 23.7 Å². The zero-order valence-electron chi connectivity index (χ0n) is 17.3. The molecular weight excluding hydrogens is 378 g/mol. The van der Waals surface area contributed by atoms with Crippen LogP contribution in [-0.2, 0) is 9.59 Å². The molecule has 0 bridgehead atoms. The molecule has 1 aliphatic rings. The molecule has 3 aromatic rings. The number of likely N-dealkylation sites (tertiary alicyclic amines) is 1. The monoisotopic (exact) mass is 405 g/mol. The number of amides is 2. The lowest BCUT2D eigenvalue weighted by Crippen LogP contribution is -2.45. The van der Waals surface area contributed by atoms with Crippen LogP contribution in [-0.4, -0.2) is 46.6 Å². The highest BCUT2D eigenvalue weighted by Crippen LogP contribution is 2.29. The standard InChI is InChI=1S/C24H25N3O3.H2/c1-3-21(28)20-9-6-12-27(20)22(29)14-26-24(30)18-10-11-25-23-17-8-5-4-7-16(17)15(2)13-19(18)23;/h4-5,7-8,10-11,13,20H,3,6,9,12,14H2,1-2H3,(H,26,30);1H. The summed E-state index contributed by atoms with van der Waals surface area (Å²) in [7, 11) is 0. The summed E-state index contributed by atoms with van der Waals surface area (Å²) in [5, 5.41) is 5.61. The average molecular weight is 405 g/mol. The van der Waals surface area contributed by atoms with Crippen molar-refractivity contribution in [3.8, 4) is 0 Å². The van der Waals surface area contributed by atoms with Crippen LogP contribution in [0.3, 0.4) is 0 Å². The van der Waals surface area contributed by atoms with Gasteiger partial charge in [-0.25, -0.2) is 0 Å². The van der Waals surface area contributed by atoms with Crippen LogP contribution in [0.5, 0.6) is 0 Å². The maximum Gasteiger partial charge on any atom is 0.252 e. The molecule has 2 amide bonds. The van der Waals surface area contributed by atoms with Crippen LogP contribution in [0.1, 0.15) is 43.5 Å². The zero-order chi connectivity index (χ0) is 21.3. The van der Waals surface area contributed by atoms with Gasteiger partial charge in [-0.05, 0) is 42.8 Å². The Morgan fingerprint density at radius 1 is 1.17 bits per heavy atom. The van der Waals surface area contributed by atoms with Crippen LogP contribution in [0.25, 0.3) is 21.7 Å². The number of hydrogen-bond acceptors (Lipinski definition) is 4. The summed E-state index contributed by atoms with van der Waals surface area (Å²) in [5.74, 6) is -0.453.